The Morgan fingerprint density at radius 3 is 1.92 bits per heavy atom. The molecule has 5 nitrogen and oxygen atoms in total. The largest absolute Gasteiger partial charge is 0.397 e. The van der Waals surface area contributed by atoms with Crippen molar-refractivity contribution in [3.63, 3.8) is 0 Å². The Morgan fingerprint density at radius 1 is 1.23 bits per heavy atom. The summed E-state index contributed by atoms with van der Waals surface area (Å²) in [7, 11) is -4.28. The summed E-state index contributed by atoms with van der Waals surface area (Å²) in [5.41, 5.74) is 10.7. The van der Waals surface area contributed by atoms with Gasteiger partial charge in [0.1, 0.15) is 0 Å². The van der Waals surface area contributed by atoms with Gasteiger partial charge in [0, 0.05) is 0 Å². The molecule has 1 rings (SSSR count). The van der Waals surface area contributed by atoms with Gasteiger partial charge in [-0.15, -0.1) is 0 Å². The molecule has 0 saturated heterocycles. The average Bonchev–Trinajstić information content (AvgIpc) is 1.97. The van der Waals surface area contributed by atoms with E-state index in [1.165, 1.54) is 0 Å². The molecule has 0 aliphatic rings. The maximum atomic E-state index is 10.6. The van der Waals surface area contributed by atoms with Crippen LogP contribution in [0.4, 0.5) is 11.4 Å². The summed E-state index contributed by atoms with van der Waals surface area (Å²) in [6.07, 6.45) is 0. The van der Waals surface area contributed by atoms with Gasteiger partial charge in [-0.25, -0.2) is 0 Å². The Kier molecular flexibility index (Phi) is 2.38. The second-order valence-electron chi connectivity index (χ2n) is 2.39. The van der Waals surface area contributed by atoms with E-state index < -0.39 is 10.1 Å². The number of hydrogen-bond donors (Lipinski definition) is 3. The van der Waals surface area contributed by atoms with Gasteiger partial charge in [0.05, 0.1) is 21.3 Å². The third kappa shape index (κ3) is 2.03. The minimum Gasteiger partial charge on any atom is -0.397 e. The standard InChI is InChI=1S/C6H7ClN2O3S/c7-6-4(8)1-3(2-5(6)9)13(10,11)12/h1-2H,8-9H2,(H,10,11,12). The van der Waals surface area contributed by atoms with Gasteiger partial charge >= 0.3 is 0 Å². The summed E-state index contributed by atoms with van der Waals surface area (Å²) in [5.74, 6) is 0. The summed E-state index contributed by atoms with van der Waals surface area (Å²) >= 11 is 5.57. The summed E-state index contributed by atoms with van der Waals surface area (Å²) in [5, 5.41) is 0.0763. The van der Waals surface area contributed by atoms with E-state index in [9.17, 15) is 8.42 Å². The van der Waals surface area contributed by atoms with Crippen LogP contribution in [0.3, 0.4) is 0 Å². The number of hydrogen-bond acceptors (Lipinski definition) is 4. The molecule has 72 valence electrons. The van der Waals surface area contributed by atoms with E-state index in [0.29, 0.717) is 0 Å². The molecule has 1 aromatic rings. The van der Waals surface area contributed by atoms with E-state index in [4.69, 9.17) is 27.6 Å². The van der Waals surface area contributed by atoms with Crippen LogP contribution in [-0.4, -0.2) is 13.0 Å². The van der Waals surface area contributed by atoms with Gasteiger partial charge in [0.15, 0.2) is 0 Å². The average molecular weight is 223 g/mol. The van der Waals surface area contributed by atoms with E-state index in [1.54, 1.807) is 0 Å². The first-order chi connectivity index (χ1) is 5.82. The van der Waals surface area contributed by atoms with E-state index in [2.05, 4.69) is 0 Å². The number of nitrogens with two attached hydrogens (primary N) is 2. The Balaban J connectivity index is 3.47. The molecular weight excluding hydrogens is 216 g/mol. The third-order valence-electron chi connectivity index (χ3n) is 1.40. The molecule has 0 aromatic heterocycles. The molecule has 0 spiro atoms. The van der Waals surface area contributed by atoms with Gasteiger partial charge in [-0.1, -0.05) is 11.6 Å². The molecule has 0 aliphatic carbocycles. The molecule has 13 heavy (non-hydrogen) atoms. The molecule has 0 saturated carbocycles. The highest BCUT2D eigenvalue weighted by atomic mass is 35.5. The van der Waals surface area contributed by atoms with E-state index >= 15 is 0 Å². The quantitative estimate of drug-likeness (QED) is 0.480. The fourth-order valence-electron chi connectivity index (χ4n) is 0.791. The molecule has 1 aromatic carbocycles. The smallest absolute Gasteiger partial charge is 0.294 e. The lowest BCUT2D eigenvalue weighted by Crippen LogP contribution is -2.02. The van der Waals surface area contributed by atoms with Crippen LogP contribution in [0.5, 0.6) is 0 Å². The van der Waals surface area contributed by atoms with Crippen LogP contribution in [0.1, 0.15) is 0 Å². The third-order valence-corrected chi connectivity index (χ3v) is 2.67. The van der Waals surface area contributed by atoms with Crippen LogP contribution >= 0.6 is 11.6 Å². The molecule has 0 amide bonds. The number of halogens is 1. The topological polar surface area (TPSA) is 106 Å². The van der Waals surface area contributed by atoms with E-state index in [0.717, 1.165) is 12.1 Å². The predicted octanol–water partition coefficient (Wildman–Crippen LogP) is 0.751. The molecule has 7 heteroatoms. The van der Waals surface area contributed by atoms with Crippen LogP contribution in [0.15, 0.2) is 17.0 Å². The summed E-state index contributed by atoms with van der Waals surface area (Å²) in [4.78, 5) is -0.369. The van der Waals surface area contributed by atoms with Crippen molar-refractivity contribution in [3.05, 3.63) is 17.2 Å². The zero-order valence-electron chi connectivity index (χ0n) is 6.36. The molecular formula is C6H7ClN2O3S. The van der Waals surface area contributed by atoms with Crippen LogP contribution in [-0.2, 0) is 10.1 Å². The summed E-state index contributed by atoms with van der Waals surface area (Å²) in [6, 6.07) is 2.07. The van der Waals surface area contributed by atoms with Gasteiger partial charge in [-0.3, -0.25) is 4.55 Å². The molecule has 0 atom stereocenters. The monoisotopic (exact) mass is 222 g/mol. The van der Waals surface area contributed by atoms with Crippen molar-refractivity contribution >= 4 is 33.1 Å². The fraction of sp³-hybridized carbons (Fsp3) is 0. The van der Waals surface area contributed by atoms with Crippen molar-refractivity contribution in [1.29, 1.82) is 0 Å². The van der Waals surface area contributed by atoms with E-state index in [1.807, 2.05) is 0 Å². The van der Waals surface area contributed by atoms with Gasteiger partial charge in [0.25, 0.3) is 10.1 Å². The lowest BCUT2D eigenvalue weighted by atomic mass is 10.3. The molecule has 5 N–H and O–H groups in total. The highest BCUT2D eigenvalue weighted by molar-refractivity contribution is 7.85. The normalized spacial score (nSPS) is 11.5. The molecule has 0 bridgehead atoms. The maximum Gasteiger partial charge on any atom is 0.294 e. The number of rotatable bonds is 1. The highest BCUT2D eigenvalue weighted by Crippen LogP contribution is 2.28. The first-order valence-corrected chi connectivity index (χ1v) is 4.96. The number of benzene rings is 1. The van der Waals surface area contributed by atoms with Crippen LogP contribution in [0, 0.1) is 0 Å². The van der Waals surface area contributed by atoms with Crippen molar-refractivity contribution in [3.8, 4) is 0 Å². The minimum atomic E-state index is -4.28. The summed E-state index contributed by atoms with van der Waals surface area (Å²) in [6.45, 7) is 0. The first-order valence-electron chi connectivity index (χ1n) is 3.14. The lowest BCUT2D eigenvalue weighted by Gasteiger charge is -2.04. The van der Waals surface area contributed by atoms with Crippen molar-refractivity contribution in [2.75, 3.05) is 11.5 Å². The van der Waals surface area contributed by atoms with E-state index in [-0.39, 0.29) is 21.3 Å². The van der Waals surface area contributed by atoms with Gasteiger partial charge in [-0.05, 0) is 12.1 Å². The Labute approximate surface area is 80.0 Å². The Bertz CT molecular complexity index is 420. The van der Waals surface area contributed by atoms with Gasteiger partial charge in [-0.2, -0.15) is 8.42 Å². The van der Waals surface area contributed by atoms with Crippen LogP contribution < -0.4 is 11.5 Å². The molecule has 0 aliphatic heterocycles. The van der Waals surface area contributed by atoms with Crippen molar-refractivity contribution in [2.24, 2.45) is 0 Å². The molecule has 0 radical (unpaired) electrons. The fourth-order valence-corrected chi connectivity index (χ4v) is 1.45. The molecule has 0 heterocycles. The Hall–Kier alpha value is -0.980. The predicted molar refractivity (Wildman–Crippen MR) is 50.1 cm³/mol. The lowest BCUT2D eigenvalue weighted by molar-refractivity contribution is 0.483. The van der Waals surface area contributed by atoms with Crippen molar-refractivity contribution in [2.45, 2.75) is 4.90 Å². The second-order valence-corrected chi connectivity index (χ2v) is 4.19. The zero-order valence-corrected chi connectivity index (χ0v) is 7.93. The van der Waals surface area contributed by atoms with Crippen molar-refractivity contribution < 1.29 is 13.0 Å². The first kappa shape index (κ1) is 10.1. The minimum absolute atomic E-state index is 0.00860. The maximum absolute atomic E-state index is 10.6. The highest BCUT2D eigenvalue weighted by Gasteiger charge is 2.13. The number of anilines is 2. The van der Waals surface area contributed by atoms with Crippen LogP contribution in [0.25, 0.3) is 0 Å². The van der Waals surface area contributed by atoms with Gasteiger partial charge in [0.2, 0.25) is 0 Å². The Morgan fingerprint density at radius 2 is 1.62 bits per heavy atom. The summed E-state index contributed by atoms with van der Waals surface area (Å²) < 4.78 is 29.9. The molecule has 0 unspecified atom stereocenters. The molecule has 0 fully saturated rings. The van der Waals surface area contributed by atoms with Gasteiger partial charge < -0.3 is 11.5 Å². The van der Waals surface area contributed by atoms with Crippen LogP contribution in [0.2, 0.25) is 5.02 Å². The van der Waals surface area contributed by atoms with Crippen molar-refractivity contribution in [1.82, 2.24) is 0 Å². The number of nitrogen functional groups attached to an aromatic ring is 2. The second kappa shape index (κ2) is 3.06. The SMILES string of the molecule is Nc1cc(S(=O)(=O)O)cc(N)c1Cl. The zero-order chi connectivity index (χ0) is 10.2.